The number of benzene rings is 6. The van der Waals surface area contributed by atoms with Crippen LogP contribution in [0.5, 0.6) is 23.0 Å². The van der Waals surface area contributed by atoms with E-state index in [1.807, 2.05) is 0 Å². The van der Waals surface area contributed by atoms with Crippen molar-refractivity contribution in [3.8, 4) is 34.1 Å². The van der Waals surface area contributed by atoms with Crippen LogP contribution < -0.4 is 50.8 Å². The zero-order valence-electron chi connectivity index (χ0n) is 30.1. The third-order valence-corrected chi connectivity index (χ3v) is 14.5. The first kappa shape index (κ1) is 35.2. The van der Waals surface area contributed by atoms with Crippen molar-refractivity contribution in [1.82, 2.24) is 0 Å². The van der Waals surface area contributed by atoms with Crippen molar-refractivity contribution in [3.63, 3.8) is 0 Å². The van der Waals surface area contributed by atoms with Crippen LogP contribution in [0, 0.1) is 27.7 Å². The van der Waals surface area contributed by atoms with Crippen molar-refractivity contribution >= 4 is 47.7 Å². The van der Waals surface area contributed by atoms with Gasteiger partial charge >= 0.3 is 0 Å². The molecule has 6 rings (SSSR count). The average molecular weight is 699 g/mol. The first-order chi connectivity index (χ1) is 24.3. The Morgan fingerprint density at radius 2 is 0.520 bits per heavy atom. The summed E-state index contributed by atoms with van der Waals surface area (Å²) in [5.41, 5.74) is 7.69. The minimum absolute atomic E-state index is 0.848. The van der Waals surface area contributed by atoms with Crippen LogP contribution in [0.2, 0.25) is 0 Å². The van der Waals surface area contributed by atoms with E-state index in [9.17, 15) is 0 Å². The maximum absolute atomic E-state index is 5.59. The largest absolute Gasteiger partial charge is 0.497 e. The lowest BCUT2D eigenvalue weighted by molar-refractivity contribution is 0.415. The van der Waals surface area contributed by atoms with Gasteiger partial charge in [0.1, 0.15) is 23.0 Å². The zero-order valence-corrected chi connectivity index (χ0v) is 31.9. The van der Waals surface area contributed by atoms with Gasteiger partial charge in [0.2, 0.25) is 0 Å². The molecule has 0 amide bonds. The summed E-state index contributed by atoms with van der Waals surface area (Å²) in [6.07, 6.45) is 0. The predicted octanol–water partition coefficient (Wildman–Crippen LogP) is 8.14. The van der Waals surface area contributed by atoms with E-state index in [1.165, 1.54) is 65.2 Å². The molecule has 0 saturated heterocycles. The summed E-state index contributed by atoms with van der Waals surface area (Å²) in [6, 6.07) is 43.6. The van der Waals surface area contributed by atoms with Crippen molar-refractivity contribution in [2.24, 2.45) is 0 Å². The molecule has 0 saturated carbocycles. The van der Waals surface area contributed by atoms with Gasteiger partial charge in [-0.05, 0) is 157 Å². The van der Waals surface area contributed by atoms with E-state index >= 15 is 0 Å². The molecule has 0 radical (unpaired) electrons. The molecule has 6 aromatic carbocycles. The fourth-order valence-electron chi connectivity index (χ4n) is 6.54. The second-order valence-corrected chi connectivity index (χ2v) is 16.6. The molecule has 0 aliphatic rings. The zero-order chi connectivity index (χ0) is 35.4. The molecule has 254 valence electrons. The van der Waals surface area contributed by atoms with Crippen LogP contribution in [0.4, 0.5) is 0 Å². The first-order valence-electron chi connectivity index (χ1n) is 16.6. The molecule has 0 aliphatic carbocycles. The number of ether oxygens (including phenoxy) is 4. The topological polar surface area (TPSA) is 36.9 Å². The Labute approximate surface area is 299 Å². The van der Waals surface area contributed by atoms with E-state index in [4.69, 9.17) is 18.9 Å². The van der Waals surface area contributed by atoms with Gasteiger partial charge in [0.15, 0.2) is 0 Å². The lowest BCUT2D eigenvalue weighted by Gasteiger charge is -2.31. The molecule has 0 unspecified atom stereocenters. The molecule has 0 N–H and O–H groups in total. The molecule has 4 nitrogen and oxygen atoms in total. The van der Waals surface area contributed by atoms with Crippen LogP contribution >= 0.6 is 15.8 Å². The van der Waals surface area contributed by atoms with Gasteiger partial charge in [0.25, 0.3) is 0 Å². The third kappa shape index (κ3) is 7.02. The number of hydrogen-bond acceptors (Lipinski definition) is 4. The molecule has 6 heteroatoms. The Morgan fingerprint density at radius 1 is 0.300 bits per heavy atom. The van der Waals surface area contributed by atoms with Crippen LogP contribution in [-0.4, -0.2) is 28.4 Å². The van der Waals surface area contributed by atoms with Crippen LogP contribution in [0.15, 0.2) is 121 Å². The Bertz CT molecular complexity index is 1820. The number of aryl methyl sites for hydroxylation is 4. The highest BCUT2D eigenvalue weighted by Gasteiger charge is 2.30. The Morgan fingerprint density at radius 3 is 0.740 bits per heavy atom. The number of methoxy groups -OCH3 is 4. The van der Waals surface area contributed by atoms with E-state index in [0.717, 1.165) is 23.0 Å². The minimum Gasteiger partial charge on any atom is -0.497 e. The maximum atomic E-state index is 5.59. The lowest BCUT2D eigenvalue weighted by atomic mass is 9.93. The van der Waals surface area contributed by atoms with Gasteiger partial charge in [0.05, 0.1) is 28.4 Å². The fraction of sp³-hybridized carbons (Fsp3) is 0.182. The van der Waals surface area contributed by atoms with Gasteiger partial charge in [-0.15, -0.1) is 0 Å². The molecule has 0 aromatic heterocycles. The van der Waals surface area contributed by atoms with E-state index in [2.05, 4.69) is 149 Å². The minimum atomic E-state index is -0.975. The monoisotopic (exact) mass is 698 g/mol. The molecule has 0 spiro atoms. The van der Waals surface area contributed by atoms with Crippen molar-refractivity contribution in [3.05, 3.63) is 144 Å². The van der Waals surface area contributed by atoms with Crippen molar-refractivity contribution in [1.29, 1.82) is 0 Å². The molecule has 6 aromatic rings. The summed E-state index contributed by atoms with van der Waals surface area (Å²) >= 11 is 0. The molecular weight excluding hydrogens is 654 g/mol. The maximum Gasteiger partial charge on any atom is 0.118 e. The number of rotatable bonds is 11. The fourth-order valence-corrected chi connectivity index (χ4v) is 11.8. The highest BCUT2D eigenvalue weighted by atomic mass is 31.1. The Balaban J connectivity index is 1.68. The van der Waals surface area contributed by atoms with Crippen LogP contribution in [0.25, 0.3) is 11.1 Å². The molecular formula is C44H44O4P2. The van der Waals surface area contributed by atoms with Gasteiger partial charge in [0, 0.05) is 0 Å². The second kappa shape index (κ2) is 15.5. The van der Waals surface area contributed by atoms with Crippen molar-refractivity contribution < 1.29 is 18.9 Å². The van der Waals surface area contributed by atoms with Crippen LogP contribution in [0.3, 0.4) is 0 Å². The van der Waals surface area contributed by atoms with E-state index < -0.39 is 15.8 Å². The van der Waals surface area contributed by atoms with E-state index in [-0.39, 0.29) is 0 Å². The van der Waals surface area contributed by atoms with E-state index in [1.54, 1.807) is 28.4 Å². The average Bonchev–Trinajstić information content (AvgIpc) is 3.16. The smallest absolute Gasteiger partial charge is 0.118 e. The third-order valence-electron chi connectivity index (χ3n) is 9.20. The molecule has 0 aliphatic heterocycles. The molecule has 50 heavy (non-hydrogen) atoms. The van der Waals surface area contributed by atoms with Gasteiger partial charge in [-0.2, -0.15) is 0 Å². The number of hydrogen-bond donors (Lipinski definition) is 0. The first-order valence-corrected chi connectivity index (χ1v) is 19.3. The van der Waals surface area contributed by atoms with Crippen LogP contribution in [-0.2, 0) is 0 Å². The van der Waals surface area contributed by atoms with Crippen molar-refractivity contribution in [2.75, 3.05) is 28.4 Å². The summed E-state index contributed by atoms with van der Waals surface area (Å²) in [7, 11) is 4.92. The summed E-state index contributed by atoms with van der Waals surface area (Å²) in [5, 5.41) is 7.79. The predicted molar refractivity (Wildman–Crippen MR) is 214 cm³/mol. The highest BCUT2D eigenvalue weighted by molar-refractivity contribution is 7.81. The normalized spacial score (nSPS) is 11.2. The van der Waals surface area contributed by atoms with Crippen molar-refractivity contribution in [2.45, 2.75) is 27.7 Å². The SMILES string of the molecule is COc1ccc(P(c2ccc(OC)cc2)c2c(C)ccc(C)c2-c2c(C)ccc(C)c2P(c2ccc(OC)cc2)c2ccc(OC)cc2)cc1. The molecule has 0 atom stereocenters. The summed E-state index contributed by atoms with van der Waals surface area (Å²) in [5.74, 6) is 3.39. The van der Waals surface area contributed by atoms with Gasteiger partial charge in [-0.25, -0.2) is 0 Å². The standard InChI is InChI=1S/C44H44O4P2/c1-29-9-11-31(3)43(49(37-21-13-33(45-5)14-22-37)38-23-15-34(46-6)16-24-38)41(29)42-30(2)10-12-32(4)44(42)50(39-25-17-35(47-7)18-26-39)40-27-19-36(48-8)20-28-40/h9-28H,1-8H3. The summed E-state index contributed by atoms with van der Waals surface area (Å²) in [6.45, 7) is 9.06. The highest BCUT2D eigenvalue weighted by Crippen LogP contribution is 2.45. The summed E-state index contributed by atoms with van der Waals surface area (Å²) < 4.78 is 22.4. The second-order valence-electron chi connectivity index (χ2n) is 12.3. The molecule has 0 bridgehead atoms. The van der Waals surface area contributed by atoms with Gasteiger partial charge in [-0.1, -0.05) is 72.8 Å². The Kier molecular flexibility index (Phi) is 10.9. The molecule has 0 heterocycles. The van der Waals surface area contributed by atoms with Crippen LogP contribution in [0.1, 0.15) is 22.3 Å². The van der Waals surface area contributed by atoms with Gasteiger partial charge in [-0.3, -0.25) is 0 Å². The lowest BCUT2D eigenvalue weighted by Crippen LogP contribution is -2.29. The molecule has 0 fully saturated rings. The quantitative estimate of drug-likeness (QED) is 0.128. The van der Waals surface area contributed by atoms with E-state index in [0.29, 0.717) is 0 Å². The van der Waals surface area contributed by atoms with Gasteiger partial charge < -0.3 is 18.9 Å². The Hall–Kier alpha value is -4.62. The summed E-state index contributed by atoms with van der Waals surface area (Å²) in [4.78, 5) is 0.